The minimum atomic E-state index is 0. The van der Waals surface area contributed by atoms with Gasteiger partial charge in [-0.3, -0.25) is 0 Å². The van der Waals surface area contributed by atoms with Crippen molar-refractivity contribution in [3.05, 3.63) is 0 Å². The molecule has 24 valence electrons. The molecule has 0 aliphatic heterocycles. The molecule has 0 saturated heterocycles. The van der Waals surface area contributed by atoms with Gasteiger partial charge in [-0.2, -0.15) is 0 Å². The van der Waals surface area contributed by atoms with E-state index in [1.165, 1.54) is 0 Å². The molecule has 2 heteroatoms. The number of hydrogen-bond acceptors (Lipinski definition) is 0. The van der Waals surface area contributed by atoms with Gasteiger partial charge >= 0.3 is 0 Å². The molecule has 0 atom stereocenters. The molecule has 2 N–H and O–H groups in total. The molecule has 0 bridgehead atoms. The Morgan fingerprint density at radius 2 is 1.00 bits per heavy atom. The van der Waals surface area contributed by atoms with Crippen molar-refractivity contribution in [2.24, 2.45) is 0 Å². The van der Waals surface area contributed by atoms with Crippen molar-refractivity contribution < 1.29 is 11.6 Å². The quantitative estimate of drug-likeness (QED) is 0.377. The maximum absolute atomic E-state index is 2.00. The first-order valence-electron chi connectivity index (χ1n) is 1.00. The summed E-state index contributed by atoms with van der Waals surface area (Å²) in [6.07, 6.45) is 0. The Labute approximate surface area is 26.7 Å². The van der Waals surface area contributed by atoms with Gasteiger partial charge in [0.15, 0.2) is 0 Å². The molecule has 0 heterocycles. The van der Waals surface area contributed by atoms with Crippen LogP contribution in [-0.4, -0.2) is 5.48 Å². The van der Waals surface area contributed by atoms with Crippen LogP contribution in [0.25, 0.3) is 0 Å². The maximum Gasteiger partial charge on any atom is 0 e. The summed E-state index contributed by atoms with van der Waals surface area (Å²) in [5.41, 5.74) is 0. The van der Waals surface area contributed by atoms with Crippen LogP contribution < -0.4 is 0 Å². The smallest absolute Gasteiger partial charge is 0 e. The minimum absolute atomic E-state index is 0. The van der Waals surface area contributed by atoms with E-state index in [2.05, 4.69) is 0 Å². The second-order valence-electron chi connectivity index (χ2n) is 0. The van der Waals surface area contributed by atoms with Crippen molar-refractivity contribution in [2.75, 3.05) is 0 Å². The Bertz CT molecular complexity index is 6.00. The number of hydrogen-bond donors (Lipinski definition) is 0. The van der Waals surface area contributed by atoms with Crippen molar-refractivity contribution in [1.29, 1.82) is 0 Å². The van der Waals surface area contributed by atoms with Crippen LogP contribution in [0, 0.1) is 6.15 Å². The number of rotatable bonds is 0. The van der Waals surface area contributed by atoms with Gasteiger partial charge < -0.3 is 5.48 Å². The van der Waals surface area contributed by atoms with Crippen molar-refractivity contribution in [2.45, 2.75) is 13.8 Å². The summed E-state index contributed by atoms with van der Waals surface area (Å²) in [6.45, 7) is 4.00. The van der Waals surface area contributed by atoms with Crippen LogP contribution in [-0.2, 0) is 0 Å². The van der Waals surface area contributed by atoms with E-state index in [4.69, 9.17) is 0 Å². The normalized spacial score (nSPS) is 1.50. The maximum atomic E-state index is 2.00. The third kappa shape index (κ3) is 82.4. The molecule has 0 saturated carbocycles. The molecular formula is C2H8HeO. The molecule has 0 fully saturated rings. The van der Waals surface area contributed by atoms with Crippen LogP contribution in [0.15, 0.2) is 0 Å². The summed E-state index contributed by atoms with van der Waals surface area (Å²) in [4.78, 5) is 0. The first kappa shape index (κ1) is 42.2. The third-order valence-electron chi connectivity index (χ3n) is 0. The second-order valence-corrected chi connectivity index (χ2v) is 0. The van der Waals surface area contributed by atoms with Gasteiger partial charge in [-0.1, -0.05) is 13.8 Å². The zero-order valence-corrected chi connectivity index (χ0v) is 3.21. The molecule has 0 unspecified atom stereocenters. The van der Waals surface area contributed by atoms with Gasteiger partial charge in [-0.25, -0.2) is 0 Å². The van der Waals surface area contributed by atoms with Gasteiger partial charge in [0.1, 0.15) is 0 Å². The molecular weight excluding hydrogens is 44.0 g/mol. The van der Waals surface area contributed by atoms with Crippen LogP contribution in [0.3, 0.4) is 0 Å². The average molecular weight is 52.1 g/mol. The Balaban J connectivity index is -0.00000000500. The van der Waals surface area contributed by atoms with Gasteiger partial charge in [-0.15, -0.1) is 0 Å². The molecule has 0 rings (SSSR count). The van der Waals surface area contributed by atoms with Crippen molar-refractivity contribution in [3.8, 4) is 0 Å². The zero-order chi connectivity index (χ0) is 2.00. The summed E-state index contributed by atoms with van der Waals surface area (Å²) < 4.78 is 0. The predicted molar refractivity (Wildman–Crippen MR) is 15.0 cm³/mol. The SMILES string of the molecule is CC.O.[He]. The van der Waals surface area contributed by atoms with E-state index in [1.807, 2.05) is 13.8 Å². The molecule has 0 aliphatic rings. The van der Waals surface area contributed by atoms with E-state index >= 15 is 0 Å². The molecule has 0 spiro atoms. The first-order valence-corrected chi connectivity index (χ1v) is 1.00. The zero-order valence-electron chi connectivity index (χ0n) is 3.21. The van der Waals surface area contributed by atoms with Crippen molar-refractivity contribution in [1.82, 2.24) is 0 Å². The summed E-state index contributed by atoms with van der Waals surface area (Å²) in [6, 6.07) is 0. The molecule has 1 nitrogen and oxygen atoms in total. The Morgan fingerprint density at radius 1 is 1.00 bits per heavy atom. The van der Waals surface area contributed by atoms with E-state index in [0.29, 0.717) is 0 Å². The van der Waals surface area contributed by atoms with Gasteiger partial charge in [0.2, 0.25) is 0 Å². The van der Waals surface area contributed by atoms with Gasteiger partial charge in [-0.05, 0) is 0 Å². The first-order chi connectivity index (χ1) is 1.00. The van der Waals surface area contributed by atoms with Crippen LogP contribution in [0.1, 0.15) is 13.8 Å². The fourth-order valence-electron chi connectivity index (χ4n) is 0. The average Bonchev–Trinajstić information content (AvgIpc) is 1.00. The van der Waals surface area contributed by atoms with Crippen LogP contribution >= 0.6 is 0 Å². The summed E-state index contributed by atoms with van der Waals surface area (Å²) in [5, 5.41) is 0. The third-order valence-corrected chi connectivity index (χ3v) is 0. The molecule has 0 aromatic heterocycles. The van der Waals surface area contributed by atoms with E-state index in [9.17, 15) is 0 Å². The van der Waals surface area contributed by atoms with Gasteiger partial charge in [0.05, 0.1) is 0 Å². The van der Waals surface area contributed by atoms with E-state index in [-0.39, 0.29) is 11.6 Å². The Morgan fingerprint density at radius 3 is 1.00 bits per heavy atom. The largest absolute Gasteiger partial charge is 0.412 e. The van der Waals surface area contributed by atoms with Crippen LogP contribution in [0.2, 0.25) is 0 Å². The molecule has 0 aliphatic carbocycles. The second kappa shape index (κ2) is 585. The molecule has 0 radical (unpaired) electrons. The molecule has 0 aromatic rings. The van der Waals surface area contributed by atoms with E-state index in [1.54, 1.807) is 0 Å². The monoisotopic (exact) mass is 52.1 g/mol. The van der Waals surface area contributed by atoms with E-state index in [0.717, 1.165) is 0 Å². The fourth-order valence-corrected chi connectivity index (χ4v) is 0. The Hall–Kier alpha value is -0.131. The molecule has 0 aromatic carbocycles. The molecule has 0 amide bonds. The van der Waals surface area contributed by atoms with Crippen molar-refractivity contribution >= 4 is 0 Å². The van der Waals surface area contributed by atoms with Crippen LogP contribution in [0.4, 0.5) is 0 Å². The summed E-state index contributed by atoms with van der Waals surface area (Å²) in [7, 11) is 0. The summed E-state index contributed by atoms with van der Waals surface area (Å²) >= 11 is 0. The minimum Gasteiger partial charge on any atom is -0.412 e. The fraction of sp³-hybridized carbons (Fsp3) is 1.00. The van der Waals surface area contributed by atoms with Gasteiger partial charge in [0.25, 0.3) is 0 Å². The van der Waals surface area contributed by atoms with Crippen molar-refractivity contribution in [3.63, 3.8) is 0 Å². The Kier molecular flexibility index (Phi) is 6170. The standard InChI is InChI=1S/C2H6.He.H2O/c1-2;;/h1-2H3;;1H2. The van der Waals surface area contributed by atoms with E-state index < -0.39 is 0 Å². The summed E-state index contributed by atoms with van der Waals surface area (Å²) in [5.74, 6) is 0. The van der Waals surface area contributed by atoms with Crippen LogP contribution in [0.5, 0.6) is 0 Å². The van der Waals surface area contributed by atoms with Gasteiger partial charge in [0, 0.05) is 6.15 Å². The predicted octanol–water partition coefficient (Wildman–Crippen LogP) is 0.202. The molecule has 4 heavy (non-hydrogen) atoms. The topological polar surface area (TPSA) is 31.5 Å².